The number of rotatable bonds is 4. The predicted molar refractivity (Wildman–Crippen MR) is 118 cm³/mol. The van der Waals surface area contributed by atoms with Crippen molar-refractivity contribution in [2.24, 2.45) is 0 Å². The first-order valence-electron chi connectivity index (χ1n) is 9.16. The predicted octanol–water partition coefficient (Wildman–Crippen LogP) is 5.98. The molecule has 0 spiro atoms. The summed E-state index contributed by atoms with van der Waals surface area (Å²) in [6.07, 6.45) is 3.74. The highest BCUT2D eigenvalue weighted by atomic mass is 79.9. The van der Waals surface area contributed by atoms with E-state index in [9.17, 15) is 14.7 Å². The Morgan fingerprint density at radius 1 is 0.759 bits per heavy atom. The molecule has 142 valence electrons. The summed E-state index contributed by atoms with van der Waals surface area (Å²) in [6.45, 7) is 0. The third-order valence-electron chi connectivity index (χ3n) is 4.95. The van der Waals surface area contributed by atoms with Crippen molar-refractivity contribution in [2.75, 3.05) is 0 Å². The second-order valence-electron chi connectivity index (χ2n) is 6.77. The highest BCUT2D eigenvalue weighted by Crippen LogP contribution is 2.37. The lowest BCUT2D eigenvalue weighted by Gasteiger charge is -2.23. The number of hydrogen-bond donors (Lipinski definition) is 1. The molecular formula is C25H17BrO3. The fourth-order valence-corrected chi connectivity index (χ4v) is 3.75. The van der Waals surface area contributed by atoms with Gasteiger partial charge in [-0.25, -0.2) is 0 Å². The van der Waals surface area contributed by atoms with Gasteiger partial charge in [0.1, 0.15) is 5.76 Å². The zero-order valence-electron chi connectivity index (χ0n) is 15.4. The summed E-state index contributed by atoms with van der Waals surface area (Å²) < 4.78 is 0.972. The van der Waals surface area contributed by atoms with Crippen LogP contribution in [0.2, 0.25) is 0 Å². The van der Waals surface area contributed by atoms with Crippen LogP contribution < -0.4 is 0 Å². The Kier molecular flexibility index (Phi) is 5.28. The van der Waals surface area contributed by atoms with E-state index in [0.29, 0.717) is 5.56 Å². The third kappa shape index (κ3) is 3.71. The normalized spacial score (nSPS) is 14.9. The van der Waals surface area contributed by atoms with Crippen LogP contribution in [0.15, 0.2) is 95.0 Å². The third-order valence-corrected chi connectivity index (χ3v) is 5.48. The second-order valence-corrected chi connectivity index (χ2v) is 7.68. The Bertz CT molecular complexity index is 1140. The molecular weight excluding hydrogens is 428 g/mol. The number of ketones is 2. The molecule has 1 N–H and O–H groups in total. The monoisotopic (exact) mass is 444 g/mol. The number of allylic oxidation sites excluding steroid dienone is 2. The number of hydrogen-bond acceptors (Lipinski definition) is 3. The van der Waals surface area contributed by atoms with Crippen molar-refractivity contribution in [1.82, 2.24) is 0 Å². The smallest absolute Gasteiger partial charge is 0.234 e. The van der Waals surface area contributed by atoms with E-state index in [1.54, 1.807) is 24.3 Å². The second kappa shape index (κ2) is 8.02. The van der Waals surface area contributed by atoms with Crippen molar-refractivity contribution in [3.8, 4) is 0 Å². The summed E-state index contributed by atoms with van der Waals surface area (Å²) in [7, 11) is 0. The summed E-state index contributed by atoms with van der Waals surface area (Å²) in [6, 6.07) is 23.8. The van der Waals surface area contributed by atoms with E-state index in [1.807, 2.05) is 66.7 Å². The lowest BCUT2D eigenvalue weighted by molar-refractivity contribution is -0.112. The van der Waals surface area contributed by atoms with Crippen LogP contribution in [0.4, 0.5) is 0 Å². The zero-order valence-corrected chi connectivity index (χ0v) is 17.0. The molecule has 3 aromatic rings. The molecule has 1 atom stereocenters. The van der Waals surface area contributed by atoms with E-state index in [2.05, 4.69) is 15.9 Å². The molecule has 4 heteroatoms. The van der Waals surface area contributed by atoms with Gasteiger partial charge in [-0.2, -0.15) is 0 Å². The number of fused-ring (bicyclic) bond motifs is 1. The number of halogens is 1. The zero-order chi connectivity index (χ0) is 20.4. The lowest BCUT2D eigenvalue weighted by Crippen LogP contribution is -2.27. The Balaban J connectivity index is 1.86. The van der Waals surface area contributed by atoms with Crippen molar-refractivity contribution >= 4 is 39.3 Å². The fourth-order valence-electron chi connectivity index (χ4n) is 3.49. The van der Waals surface area contributed by atoms with E-state index in [1.165, 1.54) is 0 Å². The molecule has 29 heavy (non-hydrogen) atoms. The topological polar surface area (TPSA) is 54.4 Å². The first-order valence-corrected chi connectivity index (χ1v) is 9.96. The molecule has 0 amide bonds. The molecule has 0 heterocycles. The van der Waals surface area contributed by atoms with E-state index in [0.717, 1.165) is 15.6 Å². The first kappa shape index (κ1) is 19.1. The molecule has 0 aliphatic heterocycles. The van der Waals surface area contributed by atoms with E-state index < -0.39 is 17.5 Å². The van der Waals surface area contributed by atoms with Crippen LogP contribution in [-0.4, -0.2) is 16.7 Å². The van der Waals surface area contributed by atoms with Gasteiger partial charge in [-0.15, -0.1) is 0 Å². The molecule has 0 saturated carbocycles. The molecule has 0 bridgehead atoms. The Morgan fingerprint density at radius 2 is 1.38 bits per heavy atom. The van der Waals surface area contributed by atoms with Crippen LogP contribution in [0, 0.1) is 0 Å². The van der Waals surface area contributed by atoms with Gasteiger partial charge in [-0.3, -0.25) is 9.59 Å². The van der Waals surface area contributed by atoms with Crippen molar-refractivity contribution in [2.45, 2.75) is 5.92 Å². The first-order chi connectivity index (χ1) is 14.1. The molecule has 3 aromatic carbocycles. The summed E-state index contributed by atoms with van der Waals surface area (Å²) in [5.74, 6) is -1.95. The van der Waals surface area contributed by atoms with Crippen LogP contribution in [0.25, 0.3) is 11.8 Å². The lowest BCUT2D eigenvalue weighted by atomic mass is 9.79. The van der Waals surface area contributed by atoms with Gasteiger partial charge in [0.05, 0.1) is 5.57 Å². The van der Waals surface area contributed by atoms with Gasteiger partial charge in [0.25, 0.3) is 0 Å². The SMILES string of the molecule is O=C1C(=O)c2ccccc2C(O)=C1C(/C=C/c1ccc(Br)cc1)c1ccccc1. The van der Waals surface area contributed by atoms with E-state index >= 15 is 0 Å². The van der Waals surface area contributed by atoms with Gasteiger partial charge < -0.3 is 5.11 Å². The maximum atomic E-state index is 13.0. The van der Waals surface area contributed by atoms with Crippen molar-refractivity contribution < 1.29 is 14.7 Å². The molecule has 0 saturated heterocycles. The number of aliphatic hydroxyl groups is 1. The Labute approximate surface area is 177 Å². The molecule has 1 aliphatic rings. The molecule has 0 aromatic heterocycles. The van der Waals surface area contributed by atoms with Gasteiger partial charge in [-0.05, 0) is 23.3 Å². The summed E-state index contributed by atoms with van der Waals surface area (Å²) >= 11 is 3.42. The van der Waals surface area contributed by atoms with Crippen LogP contribution in [0.3, 0.4) is 0 Å². The van der Waals surface area contributed by atoms with Crippen LogP contribution in [0.1, 0.15) is 33.0 Å². The molecule has 0 radical (unpaired) electrons. The van der Waals surface area contributed by atoms with Crippen LogP contribution >= 0.6 is 15.9 Å². The largest absolute Gasteiger partial charge is 0.507 e. The maximum Gasteiger partial charge on any atom is 0.234 e. The number of carbonyl (C=O) groups excluding carboxylic acids is 2. The molecule has 3 nitrogen and oxygen atoms in total. The highest BCUT2D eigenvalue weighted by Gasteiger charge is 2.36. The maximum absolute atomic E-state index is 13.0. The van der Waals surface area contributed by atoms with Gasteiger partial charge in [0.2, 0.25) is 11.6 Å². The summed E-state index contributed by atoms with van der Waals surface area (Å²) in [5.41, 5.74) is 2.51. The fraction of sp³-hybridized carbons (Fsp3) is 0.0400. The van der Waals surface area contributed by atoms with Crippen molar-refractivity contribution in [3.63, 3.8) is 0 Å². The van der Waals surface area contributed by atoms with E-state index in [4.69, 9.17) is 0 Å². The molecule has 1 aliphatic carbocycles. The minimum Gasteiger partial charge on any atom is -0.507 e. The molecule has 4 rings (SSSR count). The highest BCUT2D eigenvalue weighted by molar-refractivity contribution is 9.10. The van der Waals surface area contributed by atoms with Crippen LogP contribution in [-0.2, 0) is 4.79 Å². The Hall–Kier alpha value is -3.24. The minimum absolute atomic E-state index is 0.105. The van der Waals surface area contributed by atoms with Crippen molar-refractivity contribution in [1.29, 1.82) is 0 Å². The quantitative estimate of drug-likeness (QED) is 0.503. The number of Topliss-reactive ketones (excluding diaryl/α,β-unsaturated/α-hetero) is 2. The summed E-state index contributed by atoms with van der Waals surface area (Å²) in [5, 5.41) is 10.9. The number of benzene rings is 3. The minimum atomic E-state index is -0.671. The van der Waals surface area contributed by atoms with Gasteiger partial charge in [0.15, 0.2) is 0 Å². The average Bonchev–Trinajstić information content (AvgIpc) is 2.76. The number of carbonyl (C=O) groups is 2. The Morgan fingerprint density at radius 3 is 2.07 bits per heavy atom. The van der Waals surface area contributed by atoms with Gasteiger partial charge in [-0.1, -0.05) is 94.8 Å². The van der Waals surface area contributed by atoms with Crippen LogP contribution in [0.5, 0.6) is 0 Å². The average molecular weight is 445 g/mol. The standard InChI is InChI=1S/C25H17BrO3/c26-18-13-10-16(11-14-18)12-15-19(17-6-2-1-3-7-17)22-23(27)20-8-4-5-9-21(20)24(28)25(22)29/h1-15,19,27H/b15-12+. The van der Waals surface area contributed by atoms with Gasteiger partial charge in [0, 0.05) is 21.5 Å². The number of aliphatic hydroxyl groups excluding tert-OH is 1. The molecule has 0 fully saturated rings. The van der Waals surface area contributed by atoms with Gasteiger partial charge >= 0.3 is 0 Å². The molecule has 1 unspecified atom stereocenters. The van der Waals surface area contributed by atoms with Crippen molar-refractivity contribution in [3.05, 3.63) is 117 Å². The summed E-state index contributed by atoms with van der Waals surface area (Å²) in [4.78, 5) is 25.7. The van der Waals surface area contributed by atoms with E-state index in [-0.39, 0.29) is 16.9 Å².